The molecule has 0 atom stereocenters. The molecule has 0 spiro atoms. The molecular weight excluding hydrogens is 164 g/mol. The number of hydrogen-bond acceptors (Lipinski definition) is 2. The zero-order valence-electron chi connectivity index (χ0n) is 5.99. The van der Waals surface area contributed by atoms with Gasteiger partial charge in [-0.2, -0.15) is 5.10 Å². The largest absolute Gasteiger partial charge is 0.276 e. The lowest BCUT2D eigenvalue weighted by molar-refractivity contribution is -0.107. The summed E-state index contributed by atoms with van der Waals surface area (Å²) >= 11 is 5.08. The summed E-state index contributed by atoms with van der Waals surface area (Å²) in [5.41, 5.74) is 0.863. The van der Waals surface area contributed by atoms with Crippen LogP contribution in [0.1, 0.15) is 5.56 Å². The van der Waals surface area contributed by atoms with E-state index in [9.17, 15) is 4.79 Å². The van der Waals surface area contributed by atoms with Crippen LogP contribution in [0, 0.1) is 0 Å². The van der Waals surface area contributed by atoms with Crippen LogP contribution in [0.15, 0.2) is 18.5 Å². The number of halogens is 1. The molecule has 0 amide bonds. The summed E-state index contributed by atoms with van der Waals surface area (Å²) < 4.78 is 1.65. The normalized spacial score (nSPS) is 10.7. The van der Waals surface area contributed by atoms with Gasteiger partial charge in [-0.05, 0) is 23.8 Å². The van der Waals surface area contributed by atoms with Gasteiger partial charge in [0, 0.05) is 18.8 Å². The molecular formula is C7H7ClN2O. The van der Waals surface area contributed by atoms with E-state index in [1.807, 2.05) is 0 Å². The first-order chi connectivity index (χ1) is 5.18. The Hall–Kier alpha value is -1.09. The minimum Gasteiger partial charge on any atom is -0.276 e. The highest BCUT2D eigenvalue weighted by atomic mass is 35.5. The van der Waals surface area contributed by atoms with Crippen molar-refractivity contribution in [2.75, 3.05) is 0 Å². The Morgan fingerprint density at radius 2 is 2.55 bits per heavy atom. The van der Waals surface area contributed by atoms with Crippen LogP contribution in [0.4, 0.5) is 0 Å². The van der Waals surface area contributed by atoms with Gasteiger partial charge in [0.2, 0.25) is 5.24 Å². The van der Waals surface area contributed by atoms with Gasteiger partial charge in [0.1, 0.15) is 0 Å². The highest BCUT2D eigenvalue weighted by Gasteiger charge is 1.90. The van der Waals surface area contributed by atoms with E-state index < -0.39 is 5.24 Å². The third-order valence-electron chi connectivity index (χ3n) is 1.13. The Balaban J connectivity index is 2.71. The van der Waals surface area contributed by atoms with Crippen molar-refractivity contribution in [3.8, 4) is 0 Å². The zero-order chi connectivity index (χ0) is 8.27. The zero-order valence-corrected chi connectivity index (χ0v) is 6.75. The van der Waals surface area contributed by atoms with Crippen molar-refractivity contribution in [3.63, 3.8) is 0 Å². The van der Waals surface area contributed by atoms with Gasteiger partial charge in [-0.15, -0.1) is 0 Å². The van der Waals surface area contributed by atoms with Crippen LogP contribution in [-0.2, 0) is 11.8 Å². The summed E-state index contributed by atoms with van der Waals surface area (Å²) in [5, 5.41) is 3.43. The molecule has 0 N–H and O–H groups in total. The first-order valence-electron chi connectivity index (χ1n) is 3.04. The van der Waals surface area contributed by atoms with Crippen molar-refractivity contribution in [1.82, 2.24) is 9.78 Å². The number of nitrogens with zero attached hydrogens (tertiary/aromatic N) is 2. The number of allylic oxidation sites excluding steroid dienone is 1. The number of aryl methyl sites for hydroxylation is 1. The quantitative estimate of drug-likeness (QED) is 0.494. The van der Waals surface area contributed by atoms with E-state index in [1.165, 1.54) is 6.08 Å². The molecule has 58 valence electrons. The minimum absolute atomic E-state index is 0.478. The molecule has 3 nitrogen and oxygen atoms in total. The van der Waals surface area contributed by atoms with Gasteiger partial charge in [0.25, 0.3) is 0 Å². The highest BCUT2D eigenvalue weighted by Crippen LogP contribution is 1.99. The maximum Gasteiger partial charge on any atom is 0.245 e. The average molecular weight is 171 g/mol. The summed E-state index contributed by atoms with van der Waals surface area (Å²) in [4.78, 5) is 10.3. The molecule has 0 aromatic carbocycles. The average Bonchev–Trinajstić information content (AvgIpc) is 2.31. The number of carbonyl (C=O) groups excluding carboxylic acids is 1. The molecule has 1 heterocycles. The van der Waals surface area contributed by atoms with Gasteiger partial charge >= 0.3 is 0 Å². The molecule has 1 aromatic rings. The monoisotopic (exact) mass is 170 g/mol. The molecule has 0 saturated carbocycles. The fourth-order valence-electron chi connectivity index (χ4n) is 0.688. The SMILES string of the molecule is Cn1cc(/C=C/C(=O)Cl)cn1. The van der Waals surface area contributed by atoms with Gasteiger partial charge in [0.15, 0.2) is 0 Å². The van der Waals surface area contributed by atoms with Crippen molar-refractivity contribution >= 4 is 22.9 Å². The summed E-state index contributed by atoms with van der Waals surface area (Å²) in [6, 6.07) is 0. The fraction of sp³-hybridized carbons (Fsp3) is 0.143. The molecule has 0 aliphatic heterocycles. The fourth-order valence-corrected chi connectivity index (χ4v) is 0.751. The number of hydrogen-bond donors (Lipinski definition) is 0. The second kappa shape index (κ2) is 3.34. The van der Waals surface area contributed by atoms with Crippen molar-refractivity contribution in [1.29, 1.82) is 0 Å². The third kappa shape index (κ3) is 2.55. The third-order valence-corrected chi connectivity index (χ3v) is 1.26. The van der Waals surface area contributed by atoms with E-state index in [0.717, 1.165) is 5.56 Å². The molecule has 0 unspecified atom stereocenters. The molecule has 1 rings (SSSR count). The molecule has 0 saturated heterocycles. The van der Waals surface area contributed by atoms with E-state index in [1.54, 1.807) is 30.2 Å². The molecule has 1 aromatic heterocycles. The van der Waals surface area contributed by atoms with E-state index in [0.29, 0.717) is 0 Å². The van der Waals surface area contributed by atoms with Gasteiger partial charge in [-0.3, -0.25) is 9.48 Å². The van der Waals surface area contributed by atoms with Gasteiger partial charge in [-0.25, -0.2) is 0 Å². The summed E-state index contributed by atoms with van der Waals surface area (Å²) in [5.74, 6) is 0. The first kappa shape index (κ1) is 8.01. The first-order valence-corrected chi connectivity index (χ1v) is 3.42. The van der Waals surface area contributed by atoms with Crippen LogP contribution in [0.5, 0.6) is 0 Å². The molecule has 0 bridgehead atoms. The van der Waals surface area contributed by atoms with Crippen molar-refractivity contribution < 1.29 is 4.79 Å². The minimum atomic E-state index is -0.478. The van der Waals surface area contributed by atoms with Gasteiger partial charge in [0.05, 0.1) is 6.20 Å². The maximum atomic E-state index is 10.3. The van der Waals surface area contributed by atoms with E-state index in [4.69, 9.17) is 11.6 Å². The molecule has 0 fully saturated rings. The Morgan fingerprint density at radius 3 is 3.00 bits per heavy atom. The molecule has 4 heteroatoms. The summed E-state index contributed by atoms with van der Waals surface area (Å²) in [6.07, 6.45) is 6.34. The number of aromatic nitrogens is 2. The standard InChI is InChI=1S/C7H7ClN2O/c1-10-5-6(4-9-10)2-3-7(8)11/h2-5H,1H3/b3-2+. The molecule has 0 aliphatic rings. The Labute approximate surface area is 69.3 Å². The Kier molecular flexibility index (Phi) is 2.44. The lowest BCUT2D eigenvalue weighted by atomic mass is 10.3. The molecule has 11 heavy (non-hydrogen) atoms. The topological polar surface area (TPSA) is 34.9 Å². The van der Waals surface area contributed by atoms with Crippen LogP contribution in [-0.4, -0.2) is 15.0 Å². The van der Waals surface area contributed by atoms with Crippen molar-refractivity contribution in [2.45, 2.75) is 0 Å². The van der Waals surface area contributed by atoms with Crippen LogP contribution >= 0.6 is 11.6 Å². The van der Waals surface area contributed by atoms with E-state index in [-0.39, 0.29) is 0 Å². The van der Waals surface area contributed by atoms with Crippen molar-refractivity contribution in [2.24, 2.45) is 7.05 Å². The second-order valence-corrected chi connectivity index (χ2v) is 2.46. The summed E-state index contributed by atoms with van der Waals surface area (Å²) in [6.45, 7) is 0. The van der Waals surface area contributed by atoms with Gasteiger partial charge in [-0.1, -0.05) is 0 Å². The Morgan fingerprint density at radius 1 is 1.82 bits per heavy atom. The summed E-state index contributed by atoms with van der Waals surface area (Å²) in [7, 11) is 1.81. The highest BCUT2D eigenvalue weighted by molar-refractivity contribution is 6.66. The maximum absolute atomic E-state index is 10.3. The van der Waals surface area contributed by atoms with Crippen LogP contribution in [0.25, 0.3) is 6.08 Å². The van der Waals surface area contributed by atoms with Gasteiger partial charge < -0.3 is 0 Å². The van der Waals surface area contributed by atoms with E-state index >= 15 is 0 Å². The predicted molar refractivity (Wildman–Crippen MR) is 43.1 cm³/mol. The lowest BCUT2D eigenvalue weighted by Crippen LogP contribution is -1.83. The van der Waals surface area contributed by atoms with Crippen LogP contribution < -0.4 is 0 Å². The molecule has 0 aliphatic carbocycles. The molecule has 0 radical (unpaired) electrons. The predicted octanol–water partition coefficient (Wildman–Crippen LogP) is 1.20. The lowest BCUT2D eigenvalue weighted by Gasteiger charge is -1.80. The van der Waals surface area contributed by atoms with Crippen LogP contribution in [0.3, 0.4) is 0 Å². The Bertz CT molecular complexity index is 290. The van der Waals surface area contributed by atoms with Crippen LogP contribution in [0.2, 0.25) is 0 Å². The van der Waals surface area contributed by atoms with Crippen molar-refractivity contribution in [3.05, 3.63) is 24.0 Å². The number of carbonyl (C=O) groups is 1. The smallest absolute Gasteiger partial charge is 0.245 e. The van der Waals surface area contributed by atoms with E-state index in [2.05, 4.69) is 5.10 Å². The second-order valence-electron chi connectivity index (χ2n) is 2.08. The number of rotatable bonds is 2.